The van der Waals surface area contributed by atoms with Crippen LogP contribution in [0.3, 0.4) is 0 Å². The second-order valence-corrected chi connectivity index (χ2v) is 3.01. The van der Waals surface area contributed by atoms with Gasteiger partial charge in [0.1, 0.15) is 6.17 Å². The van der Waals surface area contributed by atoms with E-state index in [1.54, 1.807) is 0 Å². The number of fused-ring (bicyclic) bond motifs is 1. The Morgan fingerprint density at radius 2 is 2.50 bits per heavy atom. The van der Waals surface area contributed by atoms with Crippen molar-refractivity contribution in [2.75, 3.05) is 6.54 Å². The van der Waals surface area contributed by atoms with E-state index < -0.39 is 0 Å². The molecule has 0 aromatic carbocycles. The number of hydrogen-bond donors (Lipinski definition) is 2. The Bertz CT molecular complexity index is 164. The van der Waals surface area contributed by atoms with Crippen LogP contribution in [0.1, 0.15) is 19.8 Å². The lowest BCUT2D eigenvalue weighted by Crippen LogP contribution is -2.46. The topological polar surface area (TPSA) is 36.4 Å². The first-order chi connectivity index (χ1) is 4.86. The van der Waals surface area contributed by atoms with Crippen LogP contribution in [0.5, 0.6) is 0 Å². The summed E-state index contributed by atoms with van der Waals surface area (Å²) in [7, 11) is 0. The lowest BCUT2D eigenvalue weighted by Gasteiger charge is -2.24. The summed E-state index contributed by atoms with van der Waals surface area (Å²) in [4.78, 5) is 4.40. The van der Waals surface area contributed by atoms with Gasteiger partial charge in [-0.05, 0) is 26.3 Å². The first-order valence-electron chi connectivity index (χ1n) is 3.90. The second-order valence-electron chi connectivity index (χ2n) is 3.01. The Hall–Kier alpha value is -0.570. The summed E-state index contributed by atoms with van der Waals surface area (Å²) >= 11 is 0. The monoisotopic (exact) mass is 139 g/mol. The molecule has 2 rings (SSSR count). The van der Waals surface area contributed by atoms with Crippen molar-refractivity contribution >= 4 is 5.84 Å². The average Bonchev–Trinajstić information content (AvgIpc) is 2.27. The van der Waals surface area contributed by atoms with E-state index in [9.17, 15) is 0 Å². The summed E-state index contributed by atoms with van der Waals surface area (Å²) in [6.45, 7) is 3.15. The van der Waals surface area contributed by atoms with Crippen LogP contribution < -0.4 is 10.6 Å². The number of nitrogens with zero attached hydrogens (tertiary/aromatic N) is 1. The first kappa shape index (κ1) is 6.16. The van der Waals surface area contributed by atoms with Gasteiger partial charge in [-0.15, -0.1) is 0 Å². The smallest absolute Gasteiger partial charge is 0.122 e. The van der Waals surface area contributed by atoms with Gasteiger partial charge in [0.15, 0.2) is 0 Å². The molecule has 0 radical (unpaired) electrons. The van der Waals surface area contributed by atoms with Gasteiger partial charge in [0, 0.05) is 0 Å². The molecule has 0 aromatic heterocycles. The number of hydrogen-bond acceptors (Lipinski definition) is 3. The summed E-state index contributed by atoms with van der Waals surface area (Å²) < 4.78 is 0. The van der Waals surface area contributed by atoms with Gasteiger partial charge in [-0.25, -0.2) is 0 Å². The van der Waals surface area contributed by atoms with Crippen LogP contribution in [0.4, 0.5) is 0 Å². The standard InChI is InChI=1S/C7H13N3/c1-5-9-6-3-2-4-8-7(6)10-5/h6-8H,2-4H2,1H3,(H,9,10). The fraction of sp³-hybridized carbons (Fsp3) is 0.857. The Morgan fingerprint density at radius 3 is 3.30 bits per heavy atom. The van der Waals surface area contributed by atoms with Gasteiger partial charge >= 0.3 is 0 Å². The highest BCUT2D eigenvalue weighted by Gasteiger charge is 2.28. The first-order valence-corrected chi connectivity index (χ1v) is 3.90. The van der Waals surface area contributed by atoms with E-state index in [0.29, 0.717) is 12.2 Å². The minimum absolute atomic E-state index is 0.369. The van der Waals surface area contributed by atoms with Gasteiger partial charge in [0.05, 0.1) is 11.9 Å². The normalized spacial score (nSPS) is 38.3. The highest BCUT2D eigenvalue weighted by atomic mass is 15.2. The molecule has 2 aliphatic rings. The molecule has 2 aliphatic heterocycles. The van der Waals surface area contributed by atoms with E-state index in [2.05, 4.69) is 15.6 Å². The van der Waals surface area contributed by atoms with Gasteiger partial charge in [0.25, 0.3) is 0 Å². The van der Waals surface area contributed by atoms with E-state index in [4.69, 9.17) is 0 Å². The molecule has 10 heavy (non-hydrogen) atoms. The molecule has 1 saturated heterocycles. The van der Waals surface area contributed by atoms with Gasteiger partial charge in [-0.3, -0.25) is 10.3 Å². The van der Waals surface area contributed by atoms with Crippen LogP contribution in [0.15, 0.2) is 4.99 Å². The zero-order valence-corrected chi connectivity index (χ0v) is 6.22. The van der Waals surface area contributed by atoms with E-state index in [1.165, 1.54) is 12.8 Å². The molecule has 0 bridgehead atoms. The van der Waals surface area contributed by atoms with Gasteiger partial charge in [-0.2, -0.15) is 0 Å². The van der Waals surface area contributed by atoms with E-state index >= 15 is 0 Å². The Labute approximate surface area is 60.9 Å². The average molecular weight is 139 g/mol. The number of piperidine rings is 1. The highest BCUT2D eigenvalue weighted by molar-refractivity contribution is 5.81. The fourth-order valence-corrected chi connectivity index (χ4v) is 1.67. The van der Waals surface area contributed by atoms with Crippen molar-refractivity contribution in [1.29, 1.82) is 0 Å². The molecule has 0 aromatic rings. The molecule has 3 heteroatoms. The van der Waals surface area contributed by atoms with Crippen LogP contribution in [-0.2, 0) is 0 Å². The summed E-state index contributed by atoms with van der Waals surface area (Å²) in [5.74, 6) is 1.09. The Kier molecular flexibility index (Phi) is 1.38. The molecule has 0 spiro atoms. The number of nitrogens with one attached hydrogen (secondary N) is 2. The minimum Gasteiger partial charge on any atom is -0.368 e. The maximum atomic E-state index is 4.40. The van der Waals surface area contributed by atoms with Crippen molar-refractivity contribution in [1.82, 2.24) is 10.6 Å². The van der Waals surface area contributed by atoms with Gasteiger partial charge < -0.3 is 5.32 Å². The summed E-state index contributed by atoms with van der Waals surface area (Å²) in [6.07, 6.45) is 2.91. The molecule has 1 fully saturated rings. The molecule has 2 heterocycles. The maximum absolute atomic E-state index is 4.40. The van der Waals surface area contributed by atoms with Crippen molar-refractivity contribution in [3.63, 3.8) is 0 Å². The van der Waals surface area contributed by atoms with Crippen LogP contribution in [-0.4, -0.2) is 24.6 Å². The van der Waals surface area contributed by atoms with Gasteiger partial charge in [-0.1, -0.05) is 0 Å². The van der Waals surface area contributed by atoms with Crippen molar-refractivity contribution in [3.8, 4) is 0 Å². The lowest BCUT2D eigenvalue weighted by molar-refractivity contribution is 0.360. The zero-order chi connectivity index (χ0) is 6.97. The van der Waals surface area contributed by atoms with E-state index in [1.807, 2.05) is 6.92 Å². The molecule has 0 amide bonds. The molecular weight excluding hydrogens is 126 g/mol. The third kappa shape index (κ3) is 0.904. The lowest BCUT2D eigenvalue weighted by atomic mass is 10.1. The summed E-state index contributed by atoms with van der Waals surface area (Å²) in [5.41, 5.74) is 0. The fourth-order valence-electron chi connectivity index (χ4n) is 1.67. The van der Waals surface area contributed by atoms with Crippen LogP contribution >= 0.6 is 0 Å². The van der Waals surface area contributed by atoms with Gasteiger partial charge in [0.2, 0.25) is 0 Å². The SMILES string of the molecule is CC1=NC2NCCCC2N1. The quantitative estimate of drug-likeness (QED) is 0.499. The Balaban J connectivity index is 2.06. The third-order valence-corrected chi connectivity index (χ3v) is 2.15. The molecule has 3 nitrogen and oxygen atoms in total. The summed E-state index contributed by atoms with van der Waals surface area (Å²) in [5, 5.41) is 6.70. The third-order valence-electron chi connectivity index (χ3n) is 2.15. The van der Waals surface area contributed by atoms with Crippen molar-refractivity contribution in [3.05, 3.63) is 0 Å². The van der Waals surface area contributed by atoms with Crippen LogP contribution in [0.25, 0.3) is 0 Å². The number of rotatable bonds is 0. The molecule has 0 saturated carbocycles. The van der Waals surface area contributed by atoms with Crippen molar-refractivity contribution < 1.29 is 0 Å². The highest BCUT2D eigenvalue weighted by Crippen LogP contribution is 2.13. The number of amidine groups is 1. The molecular formula is C7H13N3. The predicted molar refractivity (Wildman–Crippen MR) is 41.1 cm³/mol. The molecule has 0 aliphatic carbocycles. The van der Waals surface area contributed by atoms with Crippen LogP contribution in [0.2, 0.25) is 0 Å². The molecule has 2 N–H and O–H groups in total. The summed E-state index contributed by atoms with van der Waals surface area (Å²) in [6, 6.07) is 0.578. The molecule has 56 valence electrons. The van der Waals surface area contributed by atoms with Crippen molar-refractivity contribution in [2.45, 2.75) is 32.0 Å². The largest absolute Gasteiger partial charge is 0.368 e. The minimum atomic E-state index is 0.369. The maximum Gasteiger partial charge on any atom is 0.122 e. The second kappa shape index (κ2) is 2.23. The van der Waals surface area contributed by atoms with E-state index in [0.717, 1.165) is 12.4 Å². The predicted octanol–water partition coefficient (Wildman–Crippen LogP) is 0.0861. The Morgan fingerprint density at radius 1 is 1.60 bits per heavy atom. The number of aliphatic imine (C=N–C) groups is 1. The molecule has 2 unspecified atom stereocenters. The van der Waals surface area contributed by atoms with Crippen molar-refractivity contribution in [2.24, 2.45) is 4.99 Å². The molecule has 2 atom stereocenters. The van der Waals surface area contributed by atoms with E-state index in [-0.39, 0.29) is 0 Å². The van der Waals surface area contributed by atoms with Crippen LogP contribution in [0, 0.1) is 0 Å². The zero-order valence-electron chi connectivity index (χ0n) is 6.22.